The molecular formula is C29H33N5O4S. The van der Waals surface area contributed by atoms with Gasteiger partial charge in [0, 0.05) is 49.8 Å². The van der Waals surface area contributed by atoms with E-state index in [1.54, 1.807) is 35.2 Å². The highest BCUT2D eigenvalue weighted by Crippen LogP contribution is 2.21. The lowest BCUT2D eigenvalue weighted by Crippen LogP contribution is -2.50. The predicted octanol–water partition coefficient (Wildman–Crippen LogP) is 4.16. The average molecular weight is 548 g/mol. The number of hydrogen-bond acceptors (Lipinski definition) is 5. The van der Waals surface area contributed by atoms with Gasteiger partial charge in [-0.3, -0.25) is 4.79 Å². The summed E-state index contributed by atoms with van der Waals surface area (Å²) in [6, 6.07) is 23.0. The number of sulfonamides is 1. The van der Waals surface area contributed by atoms with E-state index in [4.69, 9.17) is 0 Å². The van der Waals surface area contributed by atoms with Crippen molar-refractivity contribution < 1.29 is 18.0 Å². The highest BCUT2D eigenvalue weighted by molar-refractivity contribution is 7.89. The zero-order chi connectivity index (χ0) is 27.8. The first-order chi connectivity index (χ1) is 18.8. The summed E-state index contributed by atoms with van der Waals surface area (Å²) < 4.78 is 27.0. The summed E-state index contributed by atoms with van der Waals surface area (Å²) >= 11 is 0. The molecule has 0 radical (unpaired) electrons. The molecule has 204 valence electrons. The number of carbonyl (C=O) groups is 2. The highest BCUT2D eigenvalue weighted by Gasteiger charge is 2.26. The van der Waals surface area contributed by atoms with Gasteiger partial charge in [0.25, 0.3) is 0 Å². The van der Waals surface area contributed by atoms with Crippen molar-refractivity contribution in [3.63, 3.8) is 0 Å². The summed E-state index contributed by atoms with van der Waals surface area (Å²) in [5, 5.41) is 5.73. The molecule has 9 nitrogen and oxygen atoms in total. The van der Waals surface area contributed by atoms with Gasteiger partial charge in [-0.1, -0.05) is 36.4 Å². The van der Waals surface area contributed by atoms with E-state index in [1.165, 1.54) is 18.2 Å². The molecule has 1 aliphatic rings. The number of urea groups is 1. The quantitative estimate of drug-likeness (QED) is 0.392. The first-order valence-electron chi connectivity index (χ1n) is 12.7. The Bertz CT molecular complexity index is 1400. The highest BCUT2D eigenvalue weighted by atomic mass is 32.2. The van der Waals surface area contributed by atoms with Crippen molar-refractivity contribution in [2.45, 2.75) is 11.8 Å². The summed E-state index contributed by atoms with van der Waals surface area (Å²) in [5.41, 5.74) is 3.41. The van der Waals surface area contributed by atoms with Crippen LogP contribution in [0.15, 0.2) is 96.4 Å². The Morgan fingerprint density at radius 1 is 0.897 bits per heavy atom. The van der Waals surface area contributed by atoms with Gasteiger partial charge in [-0.15, -0.1) is 6.58 Å². The van der Waals surface area contributed by atoms with E-state index in [0.717, 1.165) is 21.2 Å². The molecule has 10 heteroatoms. The summed E-state index contributed by atoms with van der Waals surface area (Å²) in [5.74, 6) is -0.447. The lowest BCUT2D eigenvalue weighted by atomic mass is 10.2. The van der Waals surface area contributed by atoms with Gasteiger partial charge in [-0.25, -0.2) is 13.2 Å². The van der Waals surface area contributed by atoms with Crippen LogP contribution in [-0.2, 0) is 14.8 Å². The van der Waals surface area contributed by atoms with Crippen molar-refractivity contribution in [1.82, 2.24) is 9.21 Å². The minimum Gasteiger partial charge on any atom is -0.368 e. The number of benzene rings is 3. The second kappa shape index (κ2) is 12.6. The largest absolute Gasteiger partial charge is 0.368 e. The van der Waals surface area contributed by atoms with Crippen molar-refractivity contribution >= 4 is 39.0 Å². The number of rotatable bonds is 9. The van der Waals surface area contributed by atoms with Crippen LogP contribution in [0.25, 0.3) is 0 Å². The normalized spacial score (nSPS) is 13.7. The van der Waals surface area contributed by atoms with E-state index in [2.05, 4.69) is 22.1 Å². The molecule has 0 aromatic heterocycles. The van der Waals surface area contributed by atoms with Gasteiger partial charge in [0.1, 0.15) is 0 Å². The lowest BCUT2D eigenvalue weighted by Gasteiger charge is -2.36. The molecule has 39 heavy (non-hydrogen) atoms. The van der Waals surface area contributed by atoms with Crippen molar-refractivity contribution in [3.05, 3.63) is 97.1 Å². The van der Waals surface area contributed by atoms with Crippen LogP contribution in [0, 0.1) is 6.92 Å². The SMILES string of the molecule is C=CCN(CC(=O)Nc1ccc(N2CCN(C(=O)Nc3cccc(C)c3)CC2)cc1)S(=O)(=O)c1ccccc1. The van der Waals surface area contributed by atoms with Gasteiger partial charge in [0.05, 0.1) is 11.4 Å². The van der Waals surface area contributed by atoms with E-state index in [-0.39, 0.29) is 24.0 Å². The standard InChI is InChI=1S/C29H33N5O4S/c1-3-16-34(39(37,38)27-10-5-4-6-11-27)22-28(35)30-24-12-14-26(15-13-24)32-17-19-33(20-18-32)29(36)31-25-9-7-8-23(2)21-25/h3-15,21H,1,16-20,22H2,2H3,(H,30,35)(H,31,36). The molecule has 3 aromatic rings. The number of aryl methyl sites for hydroxylation is 1. The third-order valence-electron chi connectivity index (χ3n) is 6.39. The van der Waals surface area contributed by atoms with E-state index in [0.29, 0.717) is 31.9 Å². The van der Waals surface area contributed by atoms with Gasteiger partial charge >= 0.3 is 6.03 Å². The number of piperazine rings is 1. The number of anilines is 3. The molecule has 3 amide bonds. The van der Waals surface area contributed by atoms with Crippen LogP contribution in [0.4, 0.5) is 21.9 Å². The molecule has 1 saturated heterocycles. The fourth-order valence-corrected chi connectivity index (χ4v) is 5.73. The van der Waals surface area contributed by atoms with Crippen molar-refractivity contribution in [2.75, 3.05) is 54.8 Å². The Kier molecular flexibility index (Phi) is 9.00. The number of carbonyl (C=O) groups excluding carboxylic acids is 2. The van der Waals surface area contributed by atoms with Crippen molar-refractivity contribution in [2.24, 2.45) is 0 Å². The zero-order valence-electron chi connectivity index (χ0n) is 21.9. The van der Waals surface area contributed by atoms with Crippen LogP contribution in [0.5, 0.6) is 0 Å². The van der Waals surface area contributed by atoms with E-state index in [9.17, 15) is 18.0 Å². The molecule has 0 atom stereocenters. The Labute approximate surface area is 229 Å². The first-order valence-corrected chi connectivity index (χ1v) is 14.1. The van der Waals surface area contributed by atoms with Crippen LogP contribution in [-0.4, -0.2) is 68.8 Å². The molecule has 3 aromatic carbocycles. The Morgan fingerprint density at radius 3 is 2.23 bits per heavy atom. The maximum atomic E-state index is 13.0. The second-order valence-corrected chi connectivity index (χ2v) is 11.2. The maximum absolute atomic E-state index is 13.0. The van der Waals surface area contributed by atoms with Gasteiger partial charge in [-0.05, 0) is 61.0 Å². The summed E-state index contributed by atoms with van der Waals surface area (Å²) in [4.78, 5) is 29.4. The monoisotopic (exact) mass is 547 g/mol. The van der Waals surface area contributed by atoms with Gasteiger partial charge in [0.2, 0.25) is 15.9 Å². The smallest absolute Gasteiger partial charge is 0.321 e. The first kappa shape index (κ1) is 27.9. The summed E-state index contributed by atoms with van der Waals surface area (Å²) in [6.07, 6.45) is 1.45. The van der Waals surface area contributed by atoms with E-state index in [1.807, 2.05) is 43.3 Å². The topological polar surface area (TPSA) is 102 Å². The fraction of sp³-hybridized carbons (Fsp3) is 0.241. The Morgan fingerprint density at radius 2 is 1.59 bits per heavy atom. The van der Waals surface area contributed by atoms with Crippen LogP contribution < -0.4 is 15.5 Å². The molecule has 0 aliphatic carbocycles. The number of nitrogens with one attached hydrogen (secondary N) is 2. The molecule has 1 fully saturated rings. The van der Waals surface area contributed by atoms with Crippen LogP contribution in [0.2, 0.25) is 0 Å². The van der Waals surface area contributed by atoms with Crippen LogP contribution in [0.1, 0.15) is 5.56 Å². The molecule has 0 bridgehead atoms. The molecule has 0 unspecified atom stereocenters. The number of nitrogens with zero attached hydrogens (tertiary/aromatic N) is 3. The van der Waals surface area contributed by atoms with E-state index >= 15 is 0 Å². The molecule has 1 aliphatic heterocycles. The molecule has 0 saturated carbocycles. The van der Waals surface area contributed by atoms with Gasteiger partial charge < -0.3 is 20.4 Å². The lowest BCUT2D eigenvalue weighted by molar-refractivity contribution is -0.116. The zero-order valence-corrected chi connectivity index (χ0v) is 22.7. The van der Waals surface area contributed by atoms with Crippen molar-refractivity contribution in [3.8, 4) is 0 Å². The molecule has 0 spiro atoms. The van der Waals surface area contributed by atoms with Gasteiger partial charge in [-0.2, -0.15) is 4.31 Å². The predicted molar refractivity (Wildman–Crippen MR) is 154 cm³/mol. The third kappa shape index (κ3) is 7.24. The fourth-order valence-electron chi connectivity index (χ4n) is 4.34. The number of amides is 3. The third-order valence-corrected chi connectivity index (χ3v) is 8.21. The van der Waals surface area contributed by atoms with Gasteiger partial charge in [0.15, 0.2) is 0 Å². The Hall–Kier alpha value is -4.15. The van der Waals surface area contributed by atoms with Crippen LogP contribution in [0.3, 0.4) is 0 Å². The average Bonchev–Trinajstić information content (AvgIpc) is 2.94. The van der Waals surface area contributed by atoms with E-state index < -0.39 is 15.9 Å². The summed E-state index contributed by atoms with van der Waals surface area (Å²) in [7, 11) is -3.84. The molecular weight excluding hydrogens is 514 g/mol. The molecule has 4 rings (SSSR count). The maximum Gasteiger partial charge on any atom is 0.321 e. The molecule has 1 heterocycles. The molecule has 2 N–H and O–H groups in total. The minimum atomic E-state index is -3.84. The second-order valence-electron chi connectivity index (χ2n) is 9.27. The van der Waals surface area contributed by atoms with Crippen molar-refractivity contribution in [1.29, 1.82) is 0 Å². The van der Waals surface area contributed by atoms with Crippen LogP contribution >= 0.6 is 0 Å². The summed E-state index contributed by atoms with van der Waals surface area (Å²) in [6.45, 7) is 7.82. The number of hydrogen-bond donors (Lipinski definition) is 2. The minimum absolute atomic E-state index is 0.0125. The Balaban J connectivity index is 1.30.